The van der Waals surface area contributed by atoms with E-state index < -0.39 is 5.92 Å². The van der Waals surface area contributed by atoms with Crippen LogP contribution in [-0.2, 0) is 14.3 Å². The van der Waals surface area contributed by atoms with Gasteiger partial charge in [-0.15, -0.1) is 0 Å². The molecule has 0 bridgehead atoms. The molecule has 0 saturated carbocycles. The van der Waals surface area contributed by atoms with E-state index in [1.54, 1.807) is 6.92 Å². The third kappa shape index (κ3) is 2.14. The highest BCUT2D eigenvalue weighted by Gasteiger charge is 2.39. The Bertz CT molecular complexity index is 551. The van der Waals surface area contributed by atoms with Gasteiger partial charge in [-0.25, -0.2) is 0 Å². The van der Waals surface area contributed by atoms with Gasteiger partial charge in [-0.3, -0.25) is 4.79 Å². The van der Waals surface area contributed by atoms with Crippen LogP contribution in [0.5, 0.6) is 11.5 Å². The summed E-state index contributed by atoms with van der Waals surface area (Å²) in [5.74, 6) is 0.623. The van der Waals surface area contributed by atoms with E-state index in [1.165, 1.54) is 0 Å². The van der Waals surface area contributed by atoms with Gasteiger partial charge in [0.1, 0.15) is 12.0 Å². The second-order valence-electron chi connectivity index (χ2n) is 4.73. The average molecular weight is 276 g/mol. The predicted octanol–water partition coefficient (Wildman–Crippen LogP) is 2.22. The molecular weight excluding hydrogens is 260 g/mol. The Balaban J connectivity index is 1.88. The maximum absolute atomic E-state index is 12.1. The number of benzene rings is 1. The summed E-state index contributed by atoms with van der Waals surface area (Å²) in [6.07, 6.45) is -0.379. The summed E-state index contributed by atoms with van der Waals surface area (Å²) in [4.78, 5) is 12.1. The quantitative estimate of drug-likeness (QED) is 0.626. The first-order valence-corrected chi connectivity index (χ1v) is 6.56. The highest BCUT2D eigenvalue weighted by atomic mass is 16.7. The van der Waals surface area contributed by atoms with Gasteiger partial charge in [-0.2, -0.15) is 0 Å². The molecule has 0 aromatic heterocycles. The standard InChI is InChI=1S/C15H16O5/c1-3-17-15(16)13-9(2)7-18-14(13)10-4-5-11-12(6-10)20-8-19-11/h4-6,13-14H,2-3,7-8H2,1H3/t13-,14+/m1/s1. The zero-order valence-electron chi connectivity index (χ0n) is 11.3. The summed E-state index contributed by atoms with van der Waals surface area (Å²) < 4.78 is 21.4. The van der Waals surface area contributed by atoms with Gasteiger partial charge in [-0.1, -0.05) is 12.6 Å². The molecule has 1 aromatic carbocycles. The highest BCUT2D eigenvalue weighted by molar-refractivity contribution is 5.77. The summed E-state index contributed by atoms with van der Waals surface area (Å²) in [7, 11) is 0. The van der Waals surface area contributed by atoms with Gasteiger partial charge < -0.3 is 18.9 Å². The van der Waals surface area contributed by atoms with Crippen LogP contribution in [0.2, 0.25) is 0 Å². The Hall–Kier alpha value is -2.01. The van der Waals surface area contributed by atoms with E-state index in [0.717, 1.165) is 11.1 Å². The third-order valence-corrected chi connectivity index (χ3v) is 3.46. The van der Waals surface area contributed by atoms with Crippen molar-refractivity contribution in [3.8, 4) is 11.5 Å². The molecule has 20 heavy (non-hydrogen) atoms. The molecule has 0 aliphatic carbocycles. The summed E-state index contributed by atoms with van der Waals surface area (Å²) in [6.45, 7) is 6.62. The minimum absolute atomic E-state index is 0.221. The lowest BCUT2D eigenvalue weighted by atomic mass is 9.92. The molecule has 0 radical (unpaired) electrons. The van der Waals surface area contributed by atoms with Crippen molar-refractivity contribution in [3.63, 3.8) is 0 Å². The zero-order valence-corrected chi connectivity index (χ0v) is 11.3. The van der Waals surface area contributed by atoms with Gasteiger partial charge >= 0.3 is 5.97 Å². The van der Waals surface area contributed by atoms with Crippen molar-refractivity contribution in [2.75, 3.05) is 20.0 Å². The van der Waals surface area contributed by atoms with Crippen LogP contribution >= 0.6 is 0 Å². The molecule has 0 spiro atoms. The molecule has 2 heterocycles. The third-order valence-electron chi connectivity index (χ3n) is 3.46. The van der Waals surface area contributed by atoms with Crippen molar-refractivity contribution in [2.45, 2.75) is 13.0 Å². The molecule has 0 unspecified atom stereocenters. The number of hydrogen-bond donors (Lipinski definition) is 0. The monoisotopic (exact) mass is 276 g/mol. The van der Waals surface area contributed by atoms with Gasteiger partial charge in [0.05, 0.1) is 13.2 Å². The Morgan fingerprint density at radius 1 is 1.40 bits per heavy atom. The Labute approximate surface area is 117 Å². The van der Waals surface area contributed by atoms with E-state index in [2.05, 4.69) is 6.58 Å². The second-order valence-corrected chi connectivity index (χ2v) is 4.73. The predicted molar refractivity (Wildman–Crippen MR) is 70.5 cm³/mol. The fraction of sp³-hybridized carbons (Fsp3) is 0.400. The molecule has 0 N–H and O–H groups in total. The van der Waals surface area contributed by atoms with Crippen LogP contribution in [0.1, 0.15) is 18.6 Å². The molecule has 106 valence electrons. The van der Waals surface area contributed by atoms with Crippen molar-refractivity contribution < 1.29 is 23.7 Å². The fourth-order valence-corrected chi connectivity index (χ4v) is 2.50. The number of esters is 1. The van der Waals surface area contributed by atoms with Crippen LogP contribution in [-0.4, -0.2) is 26.0 Å². The van der Waals surface area contributed by atoms with Crippen molar-refractivity contribution >= 4 is 5.97 Å². The van der Waals surface area contributed by atoms with Crippen LogP contribution in [0, 0.1) is 5.92 Å². The maximum Gasteiger partial charge on any atom is 0.316 e. The normalized spacial score (nSPS) is 23.9. The van der Waals surface area contributed by atoms with Crippen LogP contribution < -0.4 is 9.47 Å². The minimum Gasteiger partial charge on any atom is -0.465 e. The number of ether oxygens (including phenoxy) is 4. The van der Waals surface area contributed by atoms with E-state index in [0.29, 0.717) is 24.7 Å². The summed E-state index contributed by atoms with van der Waals surface area (Å²) in [5.41, 5.74) is 1.61. The second kappa shape index (κ2) is 5.17. The van der Waals surface area contributed by atoms with Crippen LogP contribution in [0.15, 0.2) is 30.4 Å². The minimum atomic E-state index is -0.463. The van der Waals surface area contributed by atoms with E-state index in [1.807, 2.05) is 18.2 Å². The van der Waals surface area contributed by atoms with Gasteiger partial charge in [0, 0.05) is 0 Å². The molecule has 5 nitrogen and oxygen atoms in total. The Kier molecular flexibility index (Phi) is 3.36. The molecule has 5 heteroatoms. The van der Waals surface area contributed by atoms with E-state index in [9.17, 15) is 4.79 Å². The summed E-state index contributed by atoms with van der Waals surface area (Å²) in [5, 5.41) is 0. The number of carbonyl (C=O) groups is 1. The van der Waals surface area contributed by atoms with Crippen LogP contribution in [0.4, 0.5) is 0 Å². The number of carbonyl (C=O) groups excluding carboxylic acids is 1. The van der Waals surface area contributed by atoms with E-state index in [-0.39, 0.29) is 18.9 Å². The largest absolute Gasteiger partial charge is 0.465 e. The Morgan fingerprint density at radius 2 is 2.20 bits per heavy atom. The first kappa shape index (κ1) is 13.0. The topological polar surface area (TPSA) is 54.0 Å². The van der Waals surface area contributed by atoms with Gasteiger partial charge in [0.15, 0.2) is 11.5 Å². The molecule has 3 rings (SSSR count). The molecule has 1 fully saturated rings. The number of rotatable bonds is 3. The molecule has 1 aromatic rings. The van der Waals surface area contributed by atoms with E-state index >= 15 is 0 Å². The first-order valence-electron chi connectivity index (χ1n) is 6.56. The van der Waals surface area contributed by atoms with Gasteiger partial charge in [0.25, 0.3) is 0 Å². The molecule has 2 atom stereocenters. The molecule has 2 aliphatic heterocycles. The van der Waals surface area contributed by atoms with Crippen molar-refractivity contribution in [2.24, 2.45) is 5.92 Å². The lowest BCUT2D eigenvalue weighted by Gasteiger charge is -2.18. The summed E-state index contributed by atoms with van der Waals surface area (Å²) in [6, 6.07) is 5.55. The first-order chi connectivity index (χ1) is 9.70. The fourth-order valence-electron chi connectivity index (χ4n) is 2.50. The molecule has 0 amide bonds. The Morgan fingerprint density at radius 3 is 3.00 bits per heavy atom. The molecular formula is C15H16O5. The zero-order chi connectivity index (χ0) is 14.1. The lowest BCUT2D eigenvalue weighted by Crippen LogP contribution is -2.22. The van der Waals surface area contributed by atoms with Gasteiger partial charge in [-0.05, 0) is 30.2 Å². The van der Waals surface area contributed by atoms with Crippen molar-refractivity contribution in [1.29, 1.82) is 0 Å². The lowest BCUT2D eigenvalue weighted by molar-refractivity contribution is -0.148. The number of hydrogen-bond acceptors (Lipinski definition) is 5. The number of fused-ring (bicyclic) bond motifs is 1. The highest BCUT2D eigenvalue weighted by Crippen LogP contribution is 2.42. The summed E-state index contributed by atoms with van der Waals surface area (Å²) >= 11 is 0. The maximum atomic E-state index is 12.1. The van der Waals surface area contributed by atoms with Gasteiger partial charge in [0.2, 0.25) is 6.79 Å². The SMILES string of the molecule is C=C1CO[C@@H](c2ccc3c(c2)OCO3)[C@@H]1C(=O)OCC. The molecule has 1 saturated heterocycles. The smallest absolute Gasteiger partial charge is 0.316 e. The average Bonchev–Trinajstić information content (AvgIpc) is 3.04. The molecule has 2 aliphatic rings. The van der Waals surface area contributed by atoms with E-state index in [4.69, 9.17) is 18.9 Å². The van der Waals surface area contributed by atoms with Crippen molar-refractivity contribution in [3.05, 3.63) is 35.9 Å². The van der Waals surface area contributed by atoms with Crippen LogP contribution in [0.25, 0.3) is 0 Å². The van der Waals surface area contributed by atoms with Crippen LogP contribution in [0.3, 0.4) is 0 Å². The van der Waals surface area contributed by atoms with Crippen molar-refractivity contribution in [1.82, 2.24) is 0 Å².